The molecule has 9 nitrogen and oxygen atoms in total. The van der Waals surface area contributed by atoms with Crippen molar-refractivity contribution in [3.63, 3.8) is 0 Å². The van der Waals surface area contributed by atoms with E-state index in [0.29, 0.717) is 41.0 Å². The monoisotopic (exact) mass is 624 g/mol. The molecule has 0 spiro atoms. The van der Waals surface area contributed by atoms with E-state index in [9.17, 15) is 18.0 Å². The highest BCUT2D eigenvalue weighted by Crippen LogP contribution is 2.47. The first kappa shape index (κ1) is 30.2. The average molecular weight is 625 g/mol. The Morgan fingerprint density at radius 1 is 0.933 bits per heavy atom. The van der Waals surface area contributed by atoms with Crippen molar-refractivity contribution in [2.24, 2.45) is 4.99 Å². The standard InChI is InChI=1S/C35H32N2O7S/c38-21-9-22-43-28-18-16-25(17-19-28)32-36-35(20-23-45(41,42)29-13-5-2-6-14-29)31(44-32)30-15-8-7-12-27(30)24-37(34(35)40)33(39)26-10-3-1-4-11-26/h1-8,10-19,31,38H,9,20-24H2/t31-,35-/m0/s1. The lowest BCUT2D eigenvalue weighted by Gasteiger charge is -2.31. The Labute approximate surface area is 261 Å². The van der Waals surface area contributed by atoms with E-state index >= 15 is 0 Å². The number of rotatable bonds is 10. The highest BCUT2D eigenvalue weighted by atomic mass is 32.2. The van der Waals surface area contributed by atoms with Gasteiger partial charge in [0.05, 0.1) is 23.8 Å². The third-order valence-corrected chi connectivity index (χ3v) is 9.77. The van der Waals surface area contributed by atoms with Crippen molar-refractivity contribution in [1.29, 1.82) is 0 Å². The van der Waals surface area contributed by atoms with Crippen LogP contribution in [0.2, 0.25) is 0 Å². The van der Waals surface area contributed by atoms with Crippen LogP contribution in [0.5, 0.6) is 5.75 Å². The molecule has 0 aromatic heterocycles. The van der Waals surface area contributed by atoms with E-state index in [-0.39, 0.29) is 30.4 Å². The molecule has 10 heteroatoms. The third kappa shape index (κ3) is 5.99. The molecule has 2 atom stereocenters. The third-order valence-electron chi connectivity index (χ3n) is 8.04. The minimum atomic E-state index is -3.82. The maximum absolute atomic E-state index is 14.7. The van der Waals surface area contributed by atoms with Gasteiger partial charge in [0, 0.05) is 36.1 Å². The smallest absolute Gasteiger partial charge is 0.262 e. The second-order valence-corrected chi connectivity index (χ2v) is 13.0. The number of nitrogens with zero attached hydrogens (tertiary/aromatic N) is 2. The predicted molar refractivity (Wildman–Crippen MR) is 168 cm³/mol. The Morgan fingerprint density at radius 3 is 2.31 bits per heavy atom. The predicted octanol–water partition coefficient (Wildman–Crippen LogP) is 4.75. The molecule has 0 bridgehead atoms. The first-order valence-electron chi connectivity index (χ1n) is 14.7. The number of aliphatic imine (C=N–C) groups is 1. The summed E-state index contributed by atoms with van der Waals surface area (Å²) in [7, 11) is -3.82. The number of ether oxygens (including phenoxy) is 2. The average Bonchev–Trinajstić information content (AvgIpc) is 3.44. The lowest BCUT2D eigenvalue weighted by molar-refractivity contribution is -0.136. The zero-order valence-electron chi connectivity index (χ0n) is 24.4. The molecule has 2 heterocycles. The van der Waals surface area contributed by atoms with Gasteiger partial charge in [0.15, 0.2) is 21.5 Å². The Kier molecular flexibility index (Phi) is 8.51. The van der Waals surface area contributed by atoms with Crippen LogP contribution in [0, 0.1) is 0 Å². The molecule has 1 N–H and O–H groups in total. The number of amides is 2. The summed E-state index contributed by atoms with van der Waals surface area (Å²) in [5.41, 5.74) is 0.513. The minimum absolute atomic E-state index is 0.0134. The van der Waals surface area contributed by atoms with Crippen LogP contribution in [-0.2, 0) is 25.9 Å². The van der Waals surface area contributed by atoms with Crippen LogP contribution >= 0.6 is 0 Å². The molecule has 230 valence electrons. The van der Waals surface area contributed by atoms with Crippen molar-refractivity contribution >= 4 is 27.5 Å². The van der Waals surface area contributed by atoms with Crippen molar-refractivity contribution in [3.8, 4) is 5.75 Å². The molecule has 45 heavy (non-hydrogen) atoms. The van der Waals surface area contributed by atoms with Gasteiger partial charge < -0.3 is 14.6 Å². The van der Waals surface area contributed by atoms with Crippen LogP contribution in [0.15, 0.2) is 119 Å². The van der Waals surface area contributed by atoms with Gasteiger partial charge in [-0.05, 0) is 54.1 Å². The molecule has 4 aromatic carbocycles. The van der Waals surface area contributed by atoms with Crippen LogP contribution in [0.1, 0.15) is 46.0 Å². The van der Waals surface area contributed by atoms with Crippen LogP contribution in [0.4, 0.5) is 0 Å². The summed E-state index contributed by atoms with van der Waals surface area (Å²) < 4.78 is 39.2. The molecule has 0 saturated heterocycles. The largest absolute Gasteiger partial charge is 0.494 e. The molecule has 0 aliphatic carbocycles. The van der Waals surface area contributed by atoms with Gasteiger partial charge in [-0.1, -0.05) is 60.7 Å². The fourth-order valence-electron chi connectivity index (χ4n) is 5.68. The number of fused-ring (bicyclic) bond motifs is 3. The quantitative estimate of drug-likeness (QED) is 0.200. The van der Waals surface area contributed by atoms with Gasteiger partial charge >= 0.3 is 0 Å². The summed E-state index contributed by atoms with van der Waals surface area (Å²) in [6.07, 6.45) is -0.698. The van der Waals surface area contributed by atoms with Gasteiger partial charge in [-0.3, -0.25) is 14.5 Å². The number of carbonyl (C=O) groups excluding carboxylic acids is 2. The Bertz CT molecular complexity index is 1830. The summed E-state index contributed by atoms with van der Waals surface area (Å²) >= 11 is 0. The van der Waals surface area contributed by atoms with Gasteiger partial charge in [-0.15, -0.1) is 0 Å². The number of sulfone groups is 1. The number of carbonyl (C=O) groups is 2. The summed E-state index contributed by atoms with van der Waals surface area (Å²) in [6, 6.07) is 30.9. The van der Waals surface area contributed by atoms with Crippen LogP contribution < -0.4 is 4.74 Å². The number of hydrogen-bond donors (Lipinski definition) is 1. The summed E-state index contributed by atoms with van der Waals surface area (Å²) in [5, 5.41) is 9.04. The highest BCUT2D eigenvalue weighted by molar-refractivity contribution is 7.91. The van der Waals surface area contributed by atoms with Gasteiger partial charge in [0.1, 0.15) is 5.75 Å². The molecule has 2 aliphatic rings. The van der Waals surface area contributed by atoms with E-state index in [0.717, 1.165) is 4.90 Å². The van der Waals surface area contributed by atoms with E-state index < -0.39 is 39.0 Å². The van der Waals surface area contributed by atoms with Crippen molar-refractivity contribution < 1.29 is 32.6 Å². The second-order valence-electron chi connectivity index (χ2n) is 10.9. The number of hydrogen-bond acceptors (Lipinski definition) is 8. The van der Waals surface area contributed by atoms with Crippen molar-refractivity contribution in [2.45, 2.75) is 35.9 Å². The summed E-state index contributed by atoms with van der Waals surface area (Å²) in [5.74, 6) is -0.776. The van der Waals surface area contributed by atoms with E-state index in [4.69, 9.17) is 19.6 Å². The first-order chi connectivity index (χ1) is 21.8. The normalized spacial score (nSPS) is 19.1. The van der Waals surface area contributed by atoms with E-state index in [1.807, 2.05) is 24.3 Å². The Hall–Kier alpha value is -4.80. The zero-order valence-corrected chi connectivity index (χ0v) is 25.2. The van der Waals surface area contributed by atoms with Gasteiger partial charge in [0.25, 0.3) is 11.8 Å². The maximum atomic E-state index is 14.7. The fourth-order valence-corrected chi connectivity index (χ4v) is 7.06. The lowest BCUT2D eigenvalue weighted by atomic mass is 9.84. The number of aliphatic hydroxyl groups excluding tert-OH is 1. The lowest BCUT2D eigenvalue weighted by Crippen LogP contribution is -2.51. The molecule has 4 aromatic rings. The molecule has 2 aliphatic heterocycles. The van der Waals surface area contributed by atoms with Crippen molar-refractivity contribution in [3.05, 3.63) is 131 Å². The van der Waals surface area contributed by atoms with E-state index in [1.54, 1.807) is 72.8 Å². The van der Waals surface area contributed by atoms with Crippen LogP contribution in [0.25, 0.3) is 0 Å². The Balaban J connectivity index is 1.45. The Morgan fingerprint density at radius 2 is 1.60 bits per heavy atom. The van der Waals surface area contributed by atoms with E-state index in [1.165, 1.54) is 12.1 Å². The minimum Gasteiger partial charge on any atom is -0.494 e. The second kappa shape index (κ2) is 12.7. The molecule has 0 radical (unpaired) electrons. The number of benzene rings is 4. The van der Waals surface area contributed by atoms with Crippen molar-refractivity contribution in [2.75, 3.05) is 19.0 Å². The molecule has 0 saturated carbocycles. The molecule has 0 fully saturated rings. The maximum Gasteiger partial charge on any atom is 0.262 e. The van der Waals surface area contributed by atoms with Gasteiger partial charge in [-0.25, -0.2) is 13.4 Å². The van der Waals surface area contributed by atoms with Crippen molar-refractivity contribution in [1.82, 2.24) is 4.90 Å². The number of aliphatic hydroxyl groups is 1. The summed E-state index contributed by atoms with van der Waals surface area (Å²) in [6.45, 7) is 0.358. The van der Waals surface area contributed by atoms with Crippen LogP contribution in [-0.4, -0.2) is 60.6 Å². The van der Waals surface area contributed by atoms with Gasteiger partial charge in [-0.2, -0.15) is 0 Å². The molecular formula is C35H32N2O7S. The van der Waals surface area contributed by atoms with E-state index in [2.05, 4.69) is 0 Å². The van der Waals surface area contributed by atoms with Crippen LogP contribution in [0.3, 0.4) is 0 Å². The van der Waals surface area contributed by atoms with Gasteiger partial charge in [0.2, 0.25) is 5.90 Å². The fraction of sp³-hybridized carbons (Fsp3) is 0.229. The molecular weight excluding hydrogens is 592 g/mol. The topological polar surface area (TPSA) is 123 Å². The SMILES string of the molecule is O=C(c1ccccc1)N1Cc2ccccc2[C@@H]2OC(c3ccc(OCCCO)cc3)=N[C@]2(CCS(=O)(=O)c2ccccc2)C1=O. The first-order valence-corrected chi connectivity index (χ1v) is 16.4. The summed E-state index contributed by atoms with van der Waals surface area (Å²) in [4.78, 5) is 34.8. The highest BCUT2D eigenvalue weighted by Gasteiger charge is 2.58. The molecule has 6 rings (SSSR count). The molecule has 0 unspecified atom stereocenters. The molecule has 2 amide bonds. The number of imide groups is 1. The zero-order chi connectivity index (χ0) is 31.4.